The minimum atomic E-state index is 0.270. The molecule has 1 fully saturated rings. The molecule has 1 unspecified atom stereocenters. The van der Waals surface area contributed by atoms with Crippen molar-refractivity contribution < 1.29 is 4.74 Å². The van der Waals surface area contributed by atoms with Gasteiger partial charge in [0.25, 0.3) is 0 Å². The number of unbranched alkanes of at least 4 members (excludes halogenated alkanes) is 1. The quantitative estimate of drug-likeness (QED) is 0.357. The molecule has 2 N–H and O–H groups in total. The van der Waals surface area contributed by atoms with Gasteiger partial charge in [-0.2, -0.15) is 0 Å². The SMILES string of the molecule is CN=C(NCCCCn1ccnc1C)NCC(c1ccccc1OC)N1CCCC1. The molecular weight excluding hydrogens is 376 g/mol. The average Bonchev–Trinajstić information content (AvgIpc) is 3.44. The van der Waals surface area contributed by atoms with Gasteiger partial charge in [-0.3, -0.25) is 9.89 Å². The molecule has 2 heterocycles. The molecule has 7 heteroatoms. The van der Waals surface area contributed by atoms with Crippen LogP contribution in [-0.2, 0) is 6.54 Å². The lowest BCUT2D eigenvalue weighted by atomic mass is 10.0. The van der Waals surface area contributed by atoms with Crippen LogP contribution in [0.2, 0.25) is 0 Å². The molecule has 0 aliphatic carbocycles. The third-order valence-corrected chi connectivity index (χ3v) is 5.81. The van der Waals surface area contributed by atoms with Crippen molar-refractivity contribution in [3.05, 3.63) is 48.0 Å². The van der Waals surface area contributed by atoms with Gasteiger partial charge in [0.1, 0.15) is 11.6 Å². The van der Waals surface area contributed by atoms with Crippen molar-refractivity contribution in [3.63, 3.8) is 0 Å². The number of aliphatic imine (C=N–C) groups is 1. The Morgan fingerprint density at radius 2 is 2.00 bits per heavy atom. The topological polar surface area (TPSA) is 66.7 Å². The summed E-state index contributed by atoms with van der Waals surface area (Å²) in [4.78, 5) is 11.2. The standard InChI is InChI=1S/C23H36N6O/c1-19-25-13-17-28(19)14-7-6-12-26-23(24-2)27-18-21(29-15-8-9-16-29)20-10-4-5-11-22(20)30-3/h4-5,10-11,13,17,21H,6-9,12,14-16,18H2,1-3H3,(H2,24,26,27). The normalized spacial score (nSPS) is 15.9. The van der Waals surface area contributed by atoms with Crippen LogP contribution in [0.5, 0.6) is 5.75 Å². The van der Waals surface area contributed by atoms with Gasteiger partial charge in [-0.1, -0.05) is 18.2 Å². The zero-order chi connectivity index (χ0) is 21.2. The number of rotatable bonds is 10. The number of para-hydroxylation sites is 1. The van der Waals surface area contributed by atoms with E-state index in [4.69, 9.17) is 4.74 Å². The zero-order valence-corrected chi connectivity index (χ0v) is 18.6. The molecule has 1 aliphatic rings. The van der Waals surface area contributed by atoms with Crippen molar-refractivity contribution in [3.8, 4) is 5.75 Å². The van der Waals surface area contributed by atoms with Crippen molar-refractivity contribution in [2.75, 3.05) is 40.3 Å². The van der Waals surface area contributed by atoms with Gasteiger partial charge < -0.3 is 19.9 Å². The lowest BCUT2D eigenvalue weighted by Crippen LogP contribution is -2.43. The molecule has 0 saturated carbocycles. The van der Waals surface area contributed by atoms with Crippen LogP contribution in [0.25, 0.3) is 0 Å². The highest BCUT2D eigenvalue weighted by atomic mass is 16.5. The van der Waals surface area contributed by atoms with Crippen molar-refractivity contribution in [2.24, 2.45) is 4.99 Å². The molecule has 1 atom stereocenters. The predicted octanol–water partition coefficient (Wildman–Crippen LogP) is 2.98. The first-order chi connectivity index (χ1) is 14.7. The number of imidazole rings is 1. The Morgan fingerprint density at radius 3 is 2.70 bits per heavy atom. The zero-order valence-electron chi connectivity index (χ0n) is 18.6. The third kappa shape index (κ3) is 5.98. The maximum Gasteiger partial charge on any atom is 0.191 e. The molecule has 1 aromatic heterocycles. The summed E-state index contributed by atoms with van der Waals surface area (Å²) < 4.78 is 7.84. The first-order valence-electron chi connectivity index (χ1n) is 11.0. The lowest BCUT2D eigenvalue weighted by molar-refractivity contribution is 0.239. The largest absolute Gasteiger partial charge is 0.496 e. The van der Waals surface area contributed by atoms with Crippen LogP contribution in [0.1, 0.15) is 43.1 Å². The second-order valence-electron chi connectivity index (χ2n) is 7.76. The van der Waals surface area contributed by atoms with Crippen LogP contribution in [0.15, 0.2) is 41.7 Å². The van der Waals surface area contributed by atoms with E-state index in [1.54, 1.807) is 7.11 Å². The number of nitrogens with one attached hydrogen (secondary N) is 2. The van der Waals surface area contributed by atoms with Gasteiger partial charge >= 0.3 is 0 Å². The number of aryl methyl sites for hydroxylation is 2. The highest BCUT2D eigenvalue weighted by Gasteiger charge is 2.25. The van der Waals surface area contributed by atoms with Crippen molar-refractivity contribution >= 4 is 5.96 Å². The molecule has 30 heavy (non-hydrogen) atoms. The van der Waals surface area contributed by atoms with E-state index in [-0.39, 0.29) is 6.04 Å². The third-order valence-electron chi connectivity index (χ3n) is 5.81. The fraction of sp³-hybridized carbons (Fsp3) is 0.565. The summed E-state index contributed by atoms with van der Waals surface area (Å²) in [5.74, 6) is 2.88. The first-order valence-corrected chi connectivity index (χ1v) is 11.0. The summed E-state index contributed by atoms with van der Waals surface area (Å²) in [5, 5.41) is 6.99. The number of hydrogen-bond donors (Lipinski definition) is 2. The number of guanidine groups is 1. The Hall–Kier alpha value is -2.54. The molecule has 0 radical (unpaired) electrons. The molecule has 0 bridgehead atoms. The summed E-state index contributed by atoms with van der Waals surface area (Å²) in [6.07, 6.45) is 8.61. The summed E-state index contributed by atoms with van der Waals surface area (Å²) in [6.45, 7) is 7.01. The highest BCUT2D eigenvalue weighted by Crippen LogP contribution is 2.31. The van der Waals surface area contributed by atoms with Crippen LogP contribution in [0.3, 0.4) is 0 Å². The fourth-order valence-corrected chi connectivity index (χ4v) is 4.10. The fourth-order valence-electron chi connectivity index (χ4n) is 4.10. The Kier molecular flexibility index (Phi) is 8.56. The van der Waals surface area contributed by atoms with Gasteiger partial charge in [-0.25, -0.2) is 4.98 Å². The number of aromatic nitrogens is 2. The van der Waals surface area contributed by atoms with Crippen LogP contribution in [-0.4, -0.2) is 60.7 Å². The van der Waals surface area contributed by atoms with E-state index >= 15 is 0 Å². The molecule has 1 aliphatic heterocycles. The van der Waals surface area contributed by atoms with Gasteiger partial charge in [-0.15, -0.1) is 0 Å². The molecule has 0 spiro atoms. The maximum atomic E-state index is 5.64. The summed E-state index contributed by atoms with van der Waals surface area (Å²) in [7, 11) is 3.58. The average molecular weight is 413 g/mol. The van der Waals surface area contributed by atoms with E-state index in [1.165, 1.54) is 18.4 Å². The molecule has 1 saturated heterocycles. The van der Waals surface area contributed by atoms with Crippen molar-refractivity contribution in [2.45, 2.75) is 45.2 Å². The molecule has 0 amide bonds. The van der Waals surface area contributed by atoms with Gasteiger partial charge in [0.2, 0.25) is 0 Å². The van der Waals surface area contributed by atoms with Gasteiger partial charge in [0.15, 0.2) is 5.96 Å². The van der Waals surface area contributed by atoms with Crippen molar-refractivity contribution in [1.82, 2.24) is 25.1 Å². The Bertz CT molecular complexity index is 796. The maximum absolute atomic E-state index is 5.64. The Labute approximate surface area is 180 Å². The summed E-state index contributed by atoms with van der Waals surface area (Å²) >= 11 is 0. The Morgan fingerprint density at radius 1 is 1.20 bits per heavy atom. The Balaban J connectivity index is 1.50. The molecule has 3 rings (SSSR count). The van der Waals surface area contributed by atoms with Gasteiger partial charge in [0, 0.05) is 44.6 Å². The molecule has 1 aromatic carbocycles. The number of hydrogen-bond acceptors (Lipinski definition) is 4. The van der Waals surface area contributed by atoms with Crippen LogP contribution < -0.4 is 15.4 Å². The first kappa shape index (κ1) is 22.2. The molecule has 2 aromatic rings. The van der Waals surface area contributed by atoms with E-state index in [9.17, 15) is 0 Å². The smallest absolute Gasteiger partial charge is 0.191 e. The van der Waals surface area contributed by atoms with E-state index in [2.05, 4.69) is 42.2 Å². The van der Waals surface area contributed by atoms with E-state index in [1.807, 2.05) is 38.5 Å². The molecular formula is C23H36N6O. The summed E-state index contributed by atoms with van der Waals surface area (Å²) in [6, 6.07) is 8.62. The number of nitrogens with zero attached hydrogens (tertiary/aromatic N) is 4. The number of methoxy groups -OCH3 is 1. The van der Waals surface area contributed by atoms with Crippen LogP contribution >= 0.6 is 0 Å². The summed E-state index contributed by atoms with van der Waals surface area (Å²) in [5.41, 5.74) is 1.24. The predicted molar refractivity (Wildman–Crippen MR) is 122 cm³/mol. The highest BCUT2D eigenvalue weighted by molar-refractivity contribution is 5.79. The van der Waals surface area contributed by atoms with Crippen LogP contribution in [0, 0.1) is 6.92 Å². The minimum absolute atomic E-state index is 0.270. The minimum Gasteiger partial charge on any atom is -0.496 e. The molecule has 7 nitrogen and oxygen atoms in total. The van der Waals surface area contributed by atoms with E-state index in [0.717, 1.165) is 63.1 Å². The van der Waals surface area contributed by atoms with Gasteiger partial charge in [0.05, 0.1) is 13.2 Å². The monoisotopic (exact) mass is 412 g/mol. The van der Waals surface area contributed by atoms with E-state index in [0.29, 0.717) is 0 Å². The lowest BCUT2D eigenvalue weighted by Gasteiger charge is -2.30. The second-order valence-corrected chi connectivity index (χ2v) is 7.76. The van der Waals surface area contributed by atoms with Gasteiger partial charge in [-0.05, 0) is 51.8 Å². The van der Waals surface area contributed by atoms with E-state index < -0.39 is 0 Å². The van der Waals surface area contributed by atoms with Crippen molar-refractivity contribution in [1.29, 1.82) is 0 Å². The number of likely N-dealkylation sites (tertiary alicyclic amines) is 1. The number of benzene rings is 1. The number of ether oxygens (including phenoxy) is 1. The van der Waals surface area contributed by atoms with Crippen LogP contribution in [0.4, 0.5) is 0 Å². The second kappa shape index (κ2) is 11.6. The molecule has 164 valence electrons.